The lowest BCUT2D eigenvalue weighted by atomic mass is 10.1. The number of alkyl halides is 3. The Labute approximate surface area is 86.8 Å². The number of halogens is 5. The SMILES string of the molecule is O=C(Cl)Nc1ccc(F)cc1C(F)(F)F. The lowest BCUT2D eigenvalue weighted by Crippen LogP contribution is -2.12. The Hall–Kier alpha value is -1.30. The van der Waals surface area contributed by atoms with Gasteiger partial charge in [0.15, 0.2) is 0 Å². The predicted octanol–water partition coefficient (Wildman–Crippen LogP) is 3.62. The van der Waals surface area contributed by atoms with E-state index in [0.29, 0.717) is 0 Å². The molecule has 1 N–H and O–H groups in total. The Kier molecular flexibility index (Phi) is 3.18. The van der Waals surface area contributed by atoms with Crippen molar-refractivity contribution >= 4 is 22.7 Å². The van der Waals surface area contributed by atoms with Crippen molar-refractivity contribution < 1.29 is 22.4 Å². The fourth-order valence-corrected chi connectivity index (χ4v) is 1.07. The van der Waals surface area contributed by atoms with Crippen molar-refractivity contribution in [1.29, 1.82) is 0 Å². The number of anilines is 1. The summed E-state index contributed by atoms with van der Waals surface area (Å²) in [5.74, 6) is -1.05. The number of amides is 1. The van der Waals surface area contributed by atoms with E-state index in [0.717, 1.165) is 12.1 Å². The third kappa shape index (κ3) is 3.09. The third-order valence-electron chi connectivity index (χ3n) is 1.52. The average Bonchev–Trinajstić information content (AvgIpc) is 2.05. The van der Waals surface area contributed by atoms with Gasteiger partial charge in [-0.25, -0.2) is 4.39 Å². The molecule has 0 radical (unpaired) electrons. The van der Waals surface area contributed by atoms with Crippen LogP contribution in [0.15, 0.2) is 18.2 Å². The number of benzene rings is 1. The van der Waals surface area contributed by atoms with E-state index in [9.17, 15) is 22.4 Å². The van der Waals surface area contributed by atoms with Gasteiger partial charge >= 0.3 is 11.5 Å². The van der Waals surface area contributed by atoms with Crippen molar-refractivity contribution in [2.75, 3.05) is 5.32 Å². The van der Waals surface area contributed by atoms with E-state index in [4.69, 9.17) is 11.6 Å². The molecule has 0 aliphatic carbocycles. The second-order valence-corrected chi connectivity index (χ2v) is 2.93. The van der Waals surface area contributed by atoms with Gasteiger partial charge in [-0.3, -0.25) is 4.79 Å². The zero-order valence-corrected chi connectivity index (χ0v) is 7.79. The van der Waals surface area contributed by atoms with Crippen LogP contribution >= 0.6 is 11.6 Å². The second kappa shape index (κ2) is 4.06. The van der Waals surface area contributed by atoms with Gasteiger partial charge < -0.3 is 5.32 Å². The molecule has 1 amide bonds. The summed E-state index contributed by atoms with van der Waals surface area (Å²) in [4.78, 5) is 10.4. The standard InChI is InChI=1S/C8H4ClF4NO/c9-7(15)14-6-2-1-4(10)3-5(6)8(11,12)13/h1-3H,(H,14,15). The molecule has 0 aliphatic heterocycles. The van der Waals surface area contributed by atoms with E-state index in [1.54, 1.807) is 5.32 Å². The minimum Gasteiger partial charge on any atom is -0.312 e. The highest BCUT2D eigenvalue weighted by Crippen LogP contribution is 2.35. The van der Waals surface area contributed by atoms with Crippen LogP contribution in [0.25, 0.3) is 0 Å². The predicted molar refractivity (Wildman–Crippen MR) is 46.3 cm³/mol. The van der Waals surface area contributed by atoms with Crippen molar-refractivity contribution in [2.24, 2.45) is 0 Å². The normalized spacial score (nSPS) is 11.3. The summed E-state index contributed by atoms with van der Waals surface area (Å²) >= 11 is 4.86. The Bertz CT molecular complexity index is 391. The smallest absolute Gasteiger partial charge is 0.312 e. The quantitative estimate of drug-likeness (QED) is 0.454. The number of hydrogen-bond donors (Lipinski definition) is 1. The van der Waals surface area contributed by atoms with Gasteiger partial charge in [0.2, 0.25) is 0 Å². The number of hydrogen-bond acceptors (Lipinski definition) is 1. The fraction of sp³-hybridized carbons (Fsp3) is 0.125. The molecule has 1 aromatic carbocycles. The van der Waals surface area contributed by atoms with E-state index in [-0.39, 0.29) is 6.07 Å². The van der Waals surface area contributed by atoms with Crippen LogP contribution < -0.4 is 5.32 Å². The summed E-state index contributed by atoms with van der Waals surface area (Å²) in [6.45, 7) is 0. The fourth-order valence-electron chi connectivity index (χ4n) is 0.966. The highest BCUT2D eigenvalue weighted by molar-refractivity contribution is 6.65. The summed E-state index contributed by atoms with van der Waals surface area (Å²) in [6.07, 6.45) is -4.75. The van der Waals surface area contributed by atoms with Gasteiger partial charge in [0.05, 0.1) is 11.3 Å². The number of carbonyl (C=O) groups is 1. The van der Waals surface area contributed by atoms with Crippen LogP contribution in [0.4, 0.5) is 28.0 Å². The van der Waals surface area contributed by atoms with Gasteiger partial charge in [-0.2, -0.15) is 13.2 Å². The maximum absolute atomic E-state index is 12.6. The van der Waals surface area contributed by atoms with Crippen LogP contribution in [0.3, 0.4) is 0 Å². The molecule has 0 unspecified atom stereocenters. The summed E-state index contributed by atoms with van der Waals surface area (Å²) in [5, 5.41) is 0.573. The molecular formula is C8H4ClF4NO. The van der Waals surface area contributed by atoms with Crippen molar-refractivity contribution in [3.8, 4) is 0 Å². The van der Waals surface area contributed by atoms with Crippen molar-refractivity contribution in [3.05, 3.63) is 29.6 Å². The van der Waals surface area contributed by atoms with Gasteiger partial charge in [-0.05, 0) is 29.8 Å². The molecule has 0 aromatic heterocycles. The number of rotatable bonds is 1. The molecule has 0 aliphatic rings. The summed E-state index contributed by atoms with van der Waals surface area (Å²) in [6, 6.07) is 1.86. The molecule has 0 saturated heterocycles. The molecule has 0 spiro atoms. The zero-order chi connectivity index (χ0) is 11.6. The van der Waals surface area contributed by atoms with Crippen LogP contribution in [0, 0.1) is 5.82 Å². The first-order chi connectivity index (χ1) is 6.80. The highest BCUT2D eigenvalue weighted by Gasteiger charge is 2.34. The summed E-state index contributed by atoms with van der Waals surface area (Å²) in [5.41, 5.74) is -1.86. The first-order valence-electron chi connectivity index (χ1n) is 3.64. The highest BCUT2D eigenvalue weighted by atomic mass is 35.5. The van der Waals surface area contributed by atoms with Crippen molar-refractivity contribution in [2.45, 2.75) is 6.18 Å². The molecule has 82 valence electrons. The van der Waals surface area contributed by atoms with Crippen LogP contribution in [0.2, 0.25) is 0 Å². The molecule has 0 heterocycles. The molecular weight excluding hydrogens is 238 g/mol. The monoisotopic (exact) mass is 241 g/mol. The minimum absolute atomic E-state index is 0.280. The van der Waals surface area contributed by atoms with Crippen LogP contribution in [-0.4, -0.2) is 5.37 Å². The molecule has 7 heteroatoms. The van der Waals surface area contributed by atoms with Gasteiger partial charge in [0.25, 0.3) is 0 Å². The zero-order valence-electron chi connectivity index (χ0n) is 7.03. The Morgan fingerprint density at radius 1 is 1.33 bits per heavy atom. The number of nitrogens with one attached hydrogen (secondary N) is 1. The lowest BCUT2D eigenvalue weighted by Gasteiger charge is -2.12. The molecule has 0 atom stereocenters. The summed E-state index contributed by atoms with van der Waals surface area (Å²) in [7, 11) is 0. The van der Waals surface area contributed by atoms with Gasteiger partial charge in [0, 0.05) is 0 Å². The Balaban J connectivity index is 3.20. The molecule has 2 nitrogen and oxygen atoms in total. The van der Waals surface area contributed by atoms with E-state index in [2.05, 4.69) is 0 Å². The lowest BCUT2D eigenvalue weighted by molar-refractivity contribution is -0.137. The van der Waals surface area contributed by atoms with Crippen LogP contribution in [0.1, 0.15) is 5.56 Å². The molecule has 0 bridgehead atoms. The van der Waals surface area contributed by atoms with E-state index < -0.39 is 28.6 Å². The first-order valence-corrected chi connectivity index (χ1v) is 4.02. The van der Waals surface area contributed by atoms with E-state index in [1.807, 2.05) is 0 Å². The van der Waals surface area contributed by atoms with Crippen LogP contribution in [0.5, 0.6) is 0 Å². The first kappa shape index (κ1) is 11.8. The molecule has 15 heavy (non-hydrogen) atoms. The molecule has 0 saturated carbocycles. The minimum atomic E-state index is -4.75. The number of carbonyl (C=O) groups excluding carboxylic acids is 1. The van der Waals surface area contributed by atoms with Gasteiger partial charge in [-0.15, -0.1) is 0 Å². The topological polar surface area (TPSA) is 29.1 Å². The molecule has 0 fully saturated rings. The average molecular weight is 242 g/mol. The maximum atomic E-state index is 12.6. The second-order valence-electron chi connectivity index (χ2n) is 2.59. The molecule has 1 aromatic rings. The maximum Gasteiger partial charge on any atom is 0.418 e. The van der Waals surface area contributed by atoms with Crippen molar-refractivity contribution in [1.82, 2.24) is 0 Å². The van der Waals surface area contributed by atoms with Crippen molar-refractivity contribution in [3.63, 3.8) is 0 Å². The third-order valence-corrected chi connectivity index (χ3v) is 1.61. The Morgan fingerprint density at radius 2 is 1.93 bits per heavy atom. The van der Waals surface area contributed by atoms with Gasteiger partial charge in [0.1, 0.15) is 5.82 Å². The summed E-state index contributed by atoms with van der Waals surface area (Å²) < 4.78 is 49.5. The largest absolute Gasteiger partial charge is 0.418 e. The van der Waals surface area contributed by atoms with E-state index >= 15 is 0 Å². The van der Waals surface area contributed by atoms with E-state index in [1.165, 1.54) is 0 Å². The van der Waals surface area contributed by atoms with Gasteiger partial charge in [-0.1, -0.05) is 0 Å². The Morgan fingerprint density at radius 3 is 2.40 bits per heavy atom. The van der Waals surface area contributed by atoms with Crippen LogP contribution in [-0.2, 0) is 6.18 Å². The molecule has 1 rings (SSSR count).